The Hall–Kier alpha value is -0.660. The molecule has 0 saturated carbocycles. The van der Waals surface area contributed by atoms with E-state index in [0.29, 0.717) is 11.5 Å². The van der Waals surface area contributed by atoms with Gasteiger partial charge in [0.2, 0.25) is 0 Å². The molecule has 0 fully saturated rings. The van der Waals surface area contributed by atoms with Crippen LogP contribution in [0.4, 0.5) is 0 Å². The lowest BCUT2D eigenvalue weighted by atomic mass is 10.2. The molecule has 1 aromatic rings. The van der Waals surface area contributed by atoms with Gasteiger partial charge < -0.3 is 9.47 Å². The van der Waals surface area contributed by atoms with Crippen LogP contribution >= 0.6 is 31.9 Å². The molecule has 2 nitrogen and oxygen atoms in total. The Morgan fingerprint density at radius 3 is 2.21 bits per heavy atom. The van der Waals surface area contributed by atoms with Crippen molar-refractivity contribution in [3.8, 4) is 22.2 Å². The molecule has 0 aromatic heterocycles. The van der Waals surface area contributed by atoms with Gasteiger partial charge in [0, 0.05) is 32.0 Å². The minimum atomic E-state index is 0.668. The summed E-state index contributed by atoms with van der Waals surface area (Å²) in [4.78, 5) is 2.65. The fourth-order valence-electron chi connectivity index (χ4n) is 1.00. The molecule has 1 aromatic carbocycles. The number of rotatable bonds is 2. The number of ether oxygens (including phenoxy) is 2. The largest absolute Gasteiger partial charge is 0.493 e. The molecule has 0 aliphatic carbocycles. The Morgan fingerprint density at radius 2 is 1.71 bits per heavy atom. The first kappa shape index (κ1) is 11.4. The third kappa shape index (κ3) is 2.43. The third-order valence-electron chi connectivity index (χ3n) is 1.66. The van der Waals surface area contributed by atoms with E-state index < -0.39 is 0 Å². The number of hydrogen-bond acceptors (Lipinski definition) is 2. The van der Waals surface area contributed by atoms with Crippen LogP contribution in [-0.2, 0) is 0 Å². The van der Waals surface area contributed by atoms with Gasteiger partial charge in [-0.05, 0) is 26.8 Å². The van der Waals surface area contributed by atoms with E-state index in [1.165, 1.54) is 0 Å². The van der Waals surface area contributed by atoms with E-state index in [9.17, 15) is 0 Å². The highest BCUT2D eigenvalue weighted by Crippen LogP contribution is 2.32. The van der Waals surface area contributed by atoms with E-state index >= 15 is 0 Å². The second kappa shape index (κ2) is 5.28. The van der Waals surface area contributed by atoms with Crippen molar-refractivity contribution in [1.82, 2.24) is 0 Å². The number of hydrogen-bond donors (Lipinski definition) is 0. The molecule has 1 rings (SSSR count). The molecule has 0 spiro atoms. The molecule has 0 N–H and O–H groups in total. The van der Waals surface area contributed by atoms with Crippen molar-refractivity contribution in [1.29, 1.82) is 0 Å². The maximum Gasteiger partial charge on any atom is 0.162 e. The van der Waals surface area contributed by atoms with Crippen molar-refractivity contribution in [3.05, 3.63) is 22.2 Å². The highest BCUT2D eigenvalue weighted by atomic mass is 79.9. The molecule has 74 valence electrons. The van der Waals surface area contributed by atoms with Crippen LogP contribution in [0.1, 0.15) is 5.56 Å². The first-order chi connectivity index (χ1) is 6.72. The van der Waals surface area contributed by atoms with Gasteiger partial charge >= 0.3 is 0 Å². The molecule has 0 aliphatic rings. The van der Waals surface area contributed by atoms with Crippen molar-refractivity contribution in [3.63, 3.8) is 0 Å². The molecule has 0 saturated heterocycles. The fourth-order valence-corrected chi connectivity index (χ4v) is 1.64. The molecule has 14 heavy (non-hydrogen) atoms. The van der Waals surface area contributed by atoms with Gasteiger partial charge in [0.25, 0.3) is 0 Å². The van der Waals surface area contributed by atoms with Gasteiger partial charge in [-0.2, -0.15) is 0 Å². The van der Waals surface area contributed by atoms with E-state index in [1.54, 1.807) is 14.2 Å². The van der Waals surface area contributed by atoms with Crippen LogP contribution in [0.5, 0.6) is 11.5 Å². The average molecular weight is 320 g/mol. The molecule has 0 radical (unpaired) electrons. The molecule has 0 atom stereocenters. The molecular formula is C10H8Br2O2. The molecule has 4 heteroatoms. The summed E-state index contributed by atoms with van der Waals surface area (Å²) in [5, 5.41) is 0. The topological polar surface area (TPSA) is 18.5 Å². The Labute approximate surface area is 99.9 Å². The Balaban J connectivity index is 3.27. The zero-order valence-corrected chi connectivity index (χ0v) is 10.9. The maximum atomic E-state index is 5.15. The summed E-state index contributed by atoms with van der Waals surface area (Å²) in [5.74, 6) is 4.23. The Bertz CT molecular complexity index is 391. The number of benzene rings is 1. The first-order valence-corrected chi connectivity index (χ1v) is 5.34. The zero-order chi connectivity index (χ0) is 10.6. The minimum Gasteiger partial charge on any atom is -0.493 e. The summed E-state index contributed by atoms with van der Waals surface area (Å²) in [7, 11) is 3.19. The predicted molar refractivity (Wildman–Crippen MR) is 63.1 cm³/mol. The summed E-state index contributed by atoms with van der Waals surface area (Å²) in [6, 6.07) is 3.64. The fraction of sp³-hybridized carbons (Fsp3) is 0.200. The molecular weight excluding hydrogens is 312 g/mol. The zero-order valence-electron chi connectivity index (χ0n) is 7.73. The van der Waals surface area contributed by atoms with Gasteiger partial charge in [0.1, 0.15) is 0 Å². The van der Waals surface area contributed by atoms with Gasteiger partial charge in [0.15, 0.2) is 11.5 Å². The molecule has 0 amide bonds. The lowest BCUT2D eigenvalue weighted by Crippen LogP contribution is -1.91. The summed E-state index contributed by atoms with van der Waals surface area (Å²) in [6.07, 6.45) is 0. The minimum absolute atomic E-state index is 0.668. The molecule has 0 unspecified atom stereocenters. The monoisotopic (exact) mass is 318 g/mol. The normalized spacial score (nSPS) is 8.86. The lowest BCUT2D eigenvalue weighted by molar-refractivity contribution is 0.354. The maximum absolute atomic E-state index is 5.15. The SMILES string of the molecule is COc1cc(Br)c(C#CBr)cc1OC. The first-order valence-electron chi connectivity index (χ1n) is 3.76. The van der Waals surface area contributed by atoms with E-state index in [0.717, 1.165) is 10.0 Å². The molecule has 0 aliphatic heterocycles. The van der Waals surface area contributed by atoms with E-state index in [4.69, 9.17) is 9.47 Å². The smallest absolute Gasteiger partial charge is 0.162 e. The van der Waals surface area contributed by atoms with E-state index in [-0.39, 0.29) is 0 Å². The van der Waals surface area contributed by atoms with Crippen molar-refractivity contribution in [2.24, 2.45) is 0 Å². The average Bonchev–Trinajstić information content (AvgIpc) is 2.20. The van der Waals surface area contributed by atoms with Crippen molar-refractivity contribution < 1.29 is 9.47 Å². The highest BCUT2D eigenvalue weighted by Gasteiger charge is 2.07. The second-order valence-electron chi connectivity index (χ2n) is 2.41. The summed E-state index contributed by atoms with van der Waals surface area (Å²) in [6.45, 7) is 0. The summed E-state index contributed by atoms with van der Waals surface area (Å²) in [5.41, 5.74) is 0.847. The van der Waals surface area contributed by atoms with E-state index in [1.807, 2.05) is 12.1 Å². The van der Waals surface area contributed by atoms with E-state index in [2.05, 4.69) is 42.6 Å². The molecule has 0 bridgehead atoms. The van der Waals surface area contributed by atoms with Crippen LogP contribution in [0.3, 0.4) is 0 Å². The Kier molecular flexibility index (Phi) is 4.30. The number of methoxy groups -OCH3 is 2. The van der Waals surface area contributed by atoms with Gasteiger partial charge in [0.05, 0.1) is 14.2 Å². The van der Waals surface area contributed by atoms with Gasteiger partial charge in [-0.15, -0.1) is 0 Å². The van der Waals surface area contributed by atoms with Gasteiger partial charge in [-0.1, -0.05) is 5.92 Å². The third-order valence-corrected chi connectivity index (χ3v) is 2.51. The van der Waals surface area contributed by atoms with Crippen LogP contribution in [0.25, 0.3) is 0 Å². The van der Waals surface area contributed by atoms with Crippen LogP contribution in [-0.4, -0.2) is 14.2 Å². The van der Waals surface area contributed by atoms with Crippen molar-refractivity contribution in [2.45, 2.75) is 0 Å². The number of halogens is 2. The van der Waals surface area contributed by atoms with Gasteiger partial charge in [-0.25, -0.2) is 0 Å². The van der Waals surface area contributed by atoms with Crippen LogP contribution in [0.15, 0.2) is 16.6 Å². The second-order valence-corrected chi connectivity index (χ2v) is 3.66. The van der Waals surface area contributed by atoms with Crippen LogP contribution in [0.2, 0.25) is 0 Å². The van der Waals surface area contributed by atoms with Crippen molar-refractivity contribution in [2.75, 3.05) is 14.2 Å². The van der Waals surface area contributed by atoms with Crippen LogP contribution < -0.4 is 9.47 Å². The predicted octanol–water partition coefficient (Wildman–Crippen LogP) is 3.17. The standard InChI is InChI=1S/C10H8Br2O2/c1-13-9-5-7(3-4-11)8(12)6-10(9)14-2/h5-6H,1-2H3. The highest BCUT2D eigenvalue weighted by molar-refractivity contribution is 9.12. The van der Waals surface area contributed by atoms with Gasteiger partial charge in [-0.3, -0.25) is 0 Å². The summed E-state index contributed by atoms with van der Waals surface area (Å²) >= 11 is 6.44. The lowest BCUT2D eigenvalue weighted by Gasteiger charge is -2.08. The van der Waals surface area contributed by atoms with Crippen molar-refractivity contribution >= 4 is 31.9 Å². The quantitative estimate of drug-likeness (QED) is 0.780. The molecule has 0 heterocycles. The Morgan fingerprint density at radius 1 is 1.14 bits per heavy atom. The van der Waals surface area contributed by atoms with Crippen LogP contribution in [0, 0.1) is 10.8 Å². The summed E-state index contributed by atoms with van der Waals surface area (Å²) < 4.78 is 11.2.